The van der Waals surface area contributed by atoms with Crippen LogP contribution < -0.4 is 5.73 Å². The van der Waals surface area contributed by atoms with E-state index in [1.807, 2.05) is 41.1 Å². The van der Waals surface area contributed by atoms with Crippen LogP contribution in [0.4, 0.5) is 5.82 Å². The van der Waals surface area contributed by atoms with E-state index in [-0.39, 0.29) is 0 Å². The number of nitrogens with zero attached hydrogens (tertiary/aromatic N) is 2. The minimum atomic E-state index is 0.645. The van der Waals surface area contributed by atoms with Crippen LogP contribution in [0.1, 0.15) is 11.1 Å². The zero-order valence-corrected chi connectivity index (χ0v) is 12.5. The summed E-state index contributed by atoms with van der Waals surface area (Å²) in [5.74, 6) is 0.645. The van der Waals surface area contributed by atoms with Crippen LogP contribution >= 0.6 is 11.6 Å². The van der Waals surface area contributed by atoms with Gasteiger partial charge in [-0.2, -0.15) is 5.10 Å². The van der Waals surface area contributed by atoms with E-state index >= 15 is 0 Å². The van der Waals surface area contributed by atoms with Gasteiger partial charge in [-0.25, -0.2) is 4.68 Å². The molecule has 0 aliphatic heterocycles. The molecule has 3 nitrogen and oxygen atoms in total. The smallest absolute Gasteiger partial charge is 0.122 e. The first-order chi connectivity index (χ1) is 10.1. The number of anilines is 1. The van der Waals surface area contributed by atoms with Crippen LogP contribution in [0.2, 0.25) is 5.02 Å². The monoisotopic (exact) mass is 297 g/mol. The normalized spacial score (nSPS) is 10.8. The number of rotatable bonds is 3. The lowest BCUT2D eigenvalue weighted by Gasteiger charge is -2.05. The minimum absolute atomic E-state index is 0.645. The molecule has 0 aliphatic rings. The Labute approximate surface area is 129 Å². The van der Waals surface area contributed by atoms with Crippen molar-refractivity contribution in [2.24, 2.45) is 0 Å². The summed E-state index contributed by atoms with van der Waals surface area (Å²) in [6, 6.07) is 17.8. The Bertz CT molecular complexity index is 777. The predicted octanol–water partition coefficient (Wildman–Crippen LogP) is 4.14. The van der Waals surface area contributed by atoms with Gasteiger partial charge >= 0.3 is 0 Å². The zero-order valence-electron chi connectivity index (χ0n) is 11.8. The maximum atomic E-state index is 6.07. The fourth-order valence-electron chi connectivity index (χ4n) is 2.33. The molecule has 1 aromatic heterocycles. The largest absolute Gasteiger partial charge is 0.384 e. The lowest BCUT2D eigenvalue weighted by atomic mass is 10.1. The summed E-state index contributed by atoms with van der Waals surface area (Å²) in [5.41, 5.74) is 10.3. The van der Waals surface area contributed by atoms with Crippen LogP contribution in [-0.4, -0.2) is 9.78 Å². The summed E-state index contributed by atoms with van der Waals surface area (Å²) in [6.45, 7) is 2.74. The van der Waals surface area contributed by atoms with E-state index in [0.29, 0.717) is 17.4 Å². The number of halogens is 1. The lowest BCUT2D eigenvalue weighted by molar-refractivity contribution is 0.699. The van der Waals surface area contributed by atoms with Gasteiger partial charge in [0.25, 0.3) is 0 Å². The minimum Gasteiger partial charge on any atom is -0.384 e. The third-order valence-electron chi connectivity index (χ3n) is 3.35. The van der Waals surface area contributed by atoms with Crippen molar-refractivity contribution in [1.82, 2.24) is 9.78 Å². The molecule has 0 atom stereocenters. The van der Waals surface area contributed by atoms with Crippen molar-refractivity contribution in [3.63, 3.8) is 0 Å². The average molecular weight is 298 g/mol. The molecule has 0 bridgehead atoms. The quantitative estimate of drug-likeness (QED) is 0.789. The Kier molecular flexibility index (Phi) is 3.67. The lowest BCUT2D eigenvalue weighted by Crippen LogP contribution is -2.05. The van der Waals surface area contributed by atoms with Crippen molar-refractivity contribution in [2.45, 2.75) is 13.5 Å². The highest BCUT2D eigenvalue weighted by Crippen LogP contribution is 2.23. The molecule has 2 aromatic carbocycles. The number of aromatic nitrogens is 2. The van der Waals surface area contributed by atoms with Gasteiger partial charge in [0.05, 0.1) is 12.2 Å². The average Bonchev–Trinajstić information content (AvgIpc) is 2.80. The van der Waals surface area contributed by atoms with E-state index in [2.05, 4.69) is 30.2 Å². The van der Waals surface area contributed by atoms with Gasteiger partial charge in [-0.1, -0.05) is 53.6 Å². The molecule has 0 amide bonds. The van der Waals surface area contributed by atoms with Crippen LogP contribution in [0.3, 0.4) is 0 Å². The van der Waals surface area contributed by atoms with Gasteiger partial charge in [-0.3, -0.25) is 0 Å². The summed E-state index contributed by atoms with van der Waals surface area (Å²) in [5, 5.41) is 5.27. The van der Waals surface area contributed by atoms with Crippen LogP contribution in [0, 0.1) is 6.92 Å². The number of nitrogens with two attached hydrogens (primary N) is 1. The van der Waals surface area contributed by atoms with Gasteiger partial charge in [-0.15, -0.1) is 0 Å². The molecule has 0 unspecified atom stereocenters. The highest BCUT2D eigenvalue weighted by molar-refractivity contribution is 6.30. The molecule has 1 heterocycles. The Morgan fingerprint density at radius 1 is 1.10 bits per heavy atom. The number of nitrogen functional groups attached to an aromatic ring is 1. The van der Waals surface area contributed by atoms with Crippen LogP contribution in [0.5, 0.6) is 0 Å². The Hall–Kier alpha value is -2.26. The Morgan fingerprint density at radius 2 is 1.90 bits per heavy atom. The number of benzene rings is 2. The molecule has 2 N–H and O–H groups in total. The maximum absolute atomic E-state index is 6.07. The molecule has 0 fully saturated rings. The van der Waals surface area contributed by atoms with Crippen molar-refractivity contribution in [3.8, 4) is 11.3 Å². The van der Waals surface area contributed by atoms with E-state index in [4.69, 9.17) is 17.3 Å². The number of aryl methyl sites for hydroxylation is 1. The summed E-state index contributed by atoms with van der Waals surface area (Å²) in [4.78, 5) is 0. The van der Waals surface area contributed by atoms with Gasteiger partial charge in [0.2, 0.25) is 0 Å². The molecule has 21 heavy (non-hydrogen) atoms. The molecular weight excluding hydrogens is 282 g/mol. The van der Waals surface area contributed by atoms with Crippen molar-refractivity contribution in [1.29, 1.82) is 0 Å². The molecule has 4 heteroatoms. The highest BCUT2D eigenvalue weighted by Gasteiger charge is 2.08. The topological polar surface area (TPSA) is 43.8 Å². The fourth-order valence-corrected chi connectivity index (χ4v) is 2.52. The van der Waals surface area contributed by atoms with Gasteiger partial charge < -0.3 is 5.73 Å². The van der Waals surface area contributed by atoms with Crippen molar-refractivity contribution >= 4 is 17.4 Å². The van der Waals surface area contributed by atoms with E-state index in [1.165, 1.54) is 11.1 Å². The number of hydrogen-bond donors (Lipinski definition) is 1. The standard InChI is InChI=1S/C17H16ClN3/c1-12-4-2-5-13(8-12)11-21-17(19)10-16(20-21)14-6-3-7-15(18)9-14/h2-10H,11,19H2,1H3. The molecule has 0 saturated carbocycles. The first-order valence-corrected chi connectivity index (χ1v) is 7.14. The second kappa shape index (κ2) is 5.62. The molecule has 0 saturated heterocycles. The molecule has 3 aromatic rings. The highest BCUT2D eigenvalue weighted by atomic mass is 35.5. The van der Waals surface area contributed by atoms with Crippen molar-refractivity contribution < 1.29 is 0 Å². The third kappa shape index (κ3) is 3.09. The predicted molar refractivity (Wildman–Crippen MR) is 87.4 cm³/mol. The first kappa shape index (κ1) is 13.7. The molecule has 0 radical (unpaired) electrons. The summed E-state index contributed by atoms with van der Waals surface area (Å²) in [6.07, 6.45) is 0. The molecule has 3 rings (SSSR count). The third-order valence-corrected chi connectivity index (χ3v) is 3.58. The van der Waals surface area contributed by atoms with Gasteiger partial charge in [0.15, 0.2) is 0 Å². The SMILES string of the molecule is Cc1cccc(Cn2nc(-c3cccc(Cl)c3)cc2N)c1. The fraction of sp³-hybridized carbons (Fsp3) is 0.118. The van der Waals surface area contributed by atoms with E-state index < -0.39 is 0 Å². The summed E-state index contributed by atoms with van der Waals surface area (Å²) < 4.78 is 1.81. The zero-order chi connectivity index (χ0) is 14.8. The Morgan fingerprint density at radius 3 is 2.67 bits per heavy atom. The summed E-state index contributed by atoms with van der Waals surface area (Å²) >= 11 is 6.02. The van der Waals surface area contributed by atoms with E-state index in [9.17, 15) is 0 Å². The van der Waals surface area contributed by atoms with Crippen LogP contribution in [0.25, 0.3) is 11.3 Å². The molecule has 106 valence electrons. The van der Waals surface area contributed by atoms with Crippen LogP contribution in [0.15, 0.2) is 54.6 Å². The number of hydrogen-bond acceptors (Lipinski definition) is 2. The Balaban J connectivity index is 1.91. The van der Waals surface area contributed by atoms with E-state index in [0.717, 1.165) is 11.3 Å². The second-order valence-electron chi connectivity index (χ2n) is 5.11. The van der Waals surface area contributed by atoms with Gasteiger partial charge in [0, 0.05) is 16.7 Å². The second-order valence-corrected chi connectivity index (χ2v) is 5.55. The van der Waals surface area contributed by atoms with Crippen molar-refractivity contribution in [2.75, 3.05) is 5.73 Å². The van der Waals surface area contributed by atoms with Crippen LogP contribution in [-0.2, 0) is 6.54 Å². The molecule has 0 spiro atoms. The van der Waals surface area contributed by atoms with E-state index in [1.54, 1.807) is 0 Å². The van der Waals surface area contributed by atoms with Gasteiger partial charge in [-0.05, 0) is 24.6 Å². The summed E-state index contributed by atoms with van der Waals surface area (Å²) in [7, 11) is 0. The molecule has 0 aliphatic carbocycles. The maximum Gasteiger partial charge on any atom is 0.122 e. The molecular formula is C17H16ClN3. The van der Waals surface area contributed by atoms with Crippen molar-refractivity contribution in [3.05, 3.63) is 70.7 Å². The van der Waals surface area contributed by atoms with Gasteiger partial charge in [0.1, 0.15) is 5.82 Å². The first-order valence-electron chi connectivity index (χ1n) is 6.76.